The fourth-order valence-electron chi connectivity index (χ4n) is 3.00. The molecule has 2 heterocycles. The second kappa shape index (κ2) is 6.85. The average molecular weight is 284 g/mol. The van der Waals surface area contributed by atoms with Crippen molar-refractivity contribution in [2.75, 3.05) is 31.5 Å². The zero-order valence-electron chi connectivity index (χ0n) is 12.8. The second-order valence-corrected chi connectivity index (χ2v) is 5.93. The van der Waals surface area contributed by atoms with Crippen LogP contribution in [0.25, 0.3) is 10.9 Å². The summed E-state index contributed by atoms with van der Waals surface area (Å²) >= 11 is 0. The molecule has 0 saturated carbocycles. The van der Waals surface area contributed by atoms with Gasteiger partial charge in [-0.15, -0.1) is 0 Å². The normalized spacial score (nSPS) is 16.8. The van der Waals surface area contributed by atoms with Gasteiger partial charge >= 0.3 is 0 Å². The van der Waals surface area contributed by atoms with Crippen molar-refractivity contribution in [1.29, 1.82) is 0 Å². The van der Waals surface area contributed by atoms with E-state index in [4.69, 9.17) is 0 Å². The molecule has 1 fully saturated rings. The summed E-state index contributed by atoms with van der Waals surface area (Å²) in [4.78, 5) is 11.3. The Morgan fingerprint density at radius 3 is 2.71 bits per heavy atom. The molecule has 3 rings (SSSR count). The molecule has 1 aromatic heterocycles. The first-order valence-electron chi connectivity index (χ1n) is 8.00. The van der Waals surface area contributed by atoms with Gasteiger partial charge in [0.2, 0.25) is 0 Å². The molecular weight excluding hydrogens is 260 g/mol. The standard InChI is InChI=1S/C17H24N4/c1-14-6-7-16-15(12-14)17(20-13-19-16)18-8-11-21-9-4-2-3-5-10-21/h6-7,12-13H,2-5,8-11H2,1H3,(H,18,19,20). The maximum absolute atomic E-state index is 4.41. The molecule has 1 saturated heterocycles. The minimum atomic E-state index is 0.944. The highest BCUT2D eigenvalue weighted by Gasteiger charge is 2.09. The van der Waals surface area contributed by atoms with Crippen molar-refractivity contribution >= 4 is 16.7 Å². The first-order chi connectivity index (χ1) is 10.3. The molecule has 1 aliphatic rings. The Hall–Kier alpha value is -1.68. The third-order valence-electron chi connectivity index (χ3n) is 4.21. The zero-order valence-corrected chi connectivity index (χ0v) is 12.8. The number of nitrogens with one attached hydrogen (secondary N) is 1. The number of rotatable bonds is 4. The highest BCUT2D eigenvalue weighted by atomic mass is 15.1. The monoisotopic (exact) mass is 284 g/mol. The predicted molar refractivity (Wildman–Crippen MR) is 87.7 cm³/mol. The molecule has 0 unspecified atom stereocenters. The molecule has 4 nitrogen and oxygen atoms in total. The molecular formula is C17H24N4. The Bertz CT molecular complexity index is 588. The van der Waals surface area contributed by atoms with E-state index >= 15 is 0 Å². The van der Waals surface area contributed by atoms with Crippen molar-refractivity contribution in [3.05, 3.63) is 30.1 Å². The Morgan fingerprint density at radius 1 is 1.10 bits per heavy atom. The highest BCUT2D eigenvalue weighted by molar-refractivity contribution is 5.89. The van der Waals surface area contributed by atoms with E-state index in [-0.39, 0.29) is 0 Å². The van der Waals surface area contributed by atoms with Gasteiger partial charge in [0.25, 0.3) is 0 Å². The van der Waals surface area contributed by atoms with Crippen LogP contribution in [-0.2, 0) is 0 Å². The number of hydrogen-bond acceptors (Lipinski definition) is 4. The van der Waals surface area contributed by atoms with Gasteiger partial charge in [-0.2, -0.15) is 0 Å². The molecule has 0 spiro atoms. The van der Waals surface area contributed by atoms with Crippen LogP contribution in [0.4, 0.5) is 5.82 Å². The van der Waals surface area contributed by atoms with Crippen LogP contribution in [0.15, 0.2) is 24.5 Å². The van der Waals surface area contributed by atoms with Crippen molar-refractivity contribution in [3.63, 3.8) is 0 Å². The number of benzene rings is 1. The molecule has 0 amide bonds. The topological polar surface area (TPSA) is 41.1 Å². The number of hydrogen-bond donors (Lipinski definition) is 1. The van der Waals surface area contributed by atoms with Crippen LogP contribution in [0.1, 0.15) is 31.2 Å². The van der Waals surface area contributed by atoms with Gasteiger partial charge in [0.15, 0.2) is 0 Å². The van der Waals surface area contributed by atoms with Crippen LogP contribution in [0.2, 0.25) is 0 Å². The highest BCUT2D eigenvalue weighted by Crippen LogP contribution is 2.20. The molecule has 21 heavy (non-hydrogen) atoms. The van der Waals surface area contributed by atoms with Crippen LogP contribution < -0.4 is 5.32 Å². The summed E-state index contributed by atoms with van der Waals surface area (Å²) in [6.07, 6.45) is 7.11. The lowest BCUT2D eigenvalue weighted by atomic mass is 10.1. The van der Waals surface area contributed by atoms with Crippen LogP contribution >= 0.6 is 0 Å². The maximum Gasteiger partial charge on any atom is 0.137 e. The molecule has 4 heteroatoms. The SMILES string of the molecule is Cc1ccc2ncnc(NCCN3CCCCCC3)c2c1. The molecule has 0 radical (unpaired) electrons. The number of aryl methyl sites for hydroxylation is 1. The molecule has 0 aliphatic carbocycles. The summed E-state index contributed by atoms with van der Waals surface area (Å²) in [5.41, 5.74) is 2.25. The second-order valence-electron chi connectivity index (χ2n) is 5.93. The van der Waals surface area contributed by atoms with Crippen LogP contribution in [-0.4, -0.2) is 41.0 Å². The number of likely N-dealkylation sites (tertiary alicyclic amines) is 1. The first kappa shape index (κ1) is 14.3. The van der Waals surface area contributed by atoms with Crippen molar-refractivity contribution in [1.82, 2.24) is 14.9 Å². The fraction of sp³-hybridized carbons (Fsp3) is 0.529. The van der Waals surface area contributed by atoms with Gasteiger partial charge in [-0.25, -0.2) is 9.97 Å². The zero-order chi connectivity index (χ0) is 14.5. The quantitative estimate of drug-likeness (QED) is 0.936. The lowest BCUT2D eigenvalue weighted by Crippen LogP contribution is -2.30. The van der Waals surface area contributed by atoms with E-state index in [1.807, 2.05) is 0 Å². The Morgan fingerprint density at radius 2 is 1.90 bits per heavy atom. The van der Waals surface area contributed by atoms with E-state index in [1.54, 1.807) is 6.33 Å². The van der Waals surface area contributed by atoms with Gasteiger partial charge in [0.1, 0.15) is 12.1 Å². The van der Waals surface area contributed by atoms with Gasteiger partial charge in [-0.3, -0.25) is 0 Å². The summed E-state index contributed by atoms with van der Waals surface area (Å²) in [6.45, 7) is 6.63. The summed E-state index contributed by atoms with van der Waals surface area (Å²) in [7, 11) is 0. The van der Waals surface area contributed by atoms with Gasteiger partial charge in [0.05, 0.1) is 5.52 Å². The van der Waals surface area contributed by atoms with E-state index in [2.05, 4.69) is 45.3 Å². The Labute approximate surface area is 126 Å². The van der Waals surface area contributed by atoms with Crippen molar-refractivity contribution in [2.24, 2.45) is 0 Å². The van der Waals surface area contributed by atoms with E-state index in [0.29, 0.717) is 0 Å². The van der Waals surface area contributed by atoms with Gasteiger partial charge in [-0.1, -0.05) is 24.5 Å². The number of fused-ring (bicyclic) bond motifs is 1. The lowest BCUT2D eigenvalue weighted by molar-refractivity contribution is 0.296. The van der Waals surface area contributed by atoms with Crippen LogP contribution in [0.5, 0.6) is 0 Å². The lowest BCUT2D eigenvalue weighted by Gasteiger charge is -2.20. The number of nitrogens with zero attached hydrogens (tertiary/aromatic N) is 3. The van der Waals surface area contributed by atoms with E-state index < -0.39 is 0 Å². The van der Waals surface area contributed by atoms with Crippen LogP contribution in [0, 0.1) is 6.92 Å². The Balaban J connectivity index is 1.63. The van der Waals surface area contributed by atoms with Crippen molar-refractivity contribution in [2.45, 2.75) is 32.6 Å². The minimum Gasteiger partial charge on any atom is -0.368 e. The summed E-state index contributed by atoms with van der Waals surface area (Å²) in [5.74, 6) is 0.957. The van der Waals surface area contributed by atoms with E-state index in [0.717, 1.165) is 29.8 Å². The molecule has 0 atom stereocenters. The number of anilines is 1. The third kappa shape index (κ3) is 3.70. The van der Waals surface area contributed by atoms with Crippen molar-refractivity contribution in [3.8, 4) is 0 Å². The van der Waals surface area contributed by atoms with Crippen LogP contribution in [0.3, 0.4) is 0 Å². The predicted octanol–water partition coefficient (Wildman–Crippen LogP) is 3.23. The summed E-state index contributed by atoms with van der Waals surface area (Å²) in [5, 5.41) is 4.61. The van der Waals surface area contributed by atoms with E-state index in [9.17, 15) is 0 Å². The Kier molecular flexibility index (Phi) is 4.65. The molecule has 112 valence electrons. The van der Waals surface area contributed by atoms with Gasteiger partial charge in [0, 0.05) is 18.5 Å². The van der Waals surface area contributed by atoms with Gasteiger partial charge in [-0.05, 0) is 45.0 Å². The molecule has 1 aliphatic heterocycles. The maximum atomic E-state index is 4.41. The van der Waals surface area contributed by atoms with E-state index in [1.165, 1.54) is 44.3 Å². The summed E-state index contributed by atoms with van der Waals surface area (Å²) < 4.78 is 0. The fourth-order valence-corrected chi connectivity index (χ4v) is 3.00. The summed E-state index contributed by atoms with van der Waals surface area (Å²) in [6, 6.07) is 6.31. The molecule has 2 aromatic rings. The largest absolute Gasteiger partial charge is 0.368 e. The minimum absolute atomic E-state index is 0.944. The van der Waals surface area contributed by atoms with Crippen molar-refractivity contribution < 1.29 is 0 Å². The molecule has 1 N–H and O–H groups in total. The smallest absolute Gasteiger partial charge is 0.137 e. The van der Waals surface area contributed by atoms with Gasteiger partial charge < -0.3 is 10.2 Å². The average Bonchev–Trinajstić information content (AvgIpc) is 2.76. The molecule has 1 aromatic carbocycles. The first-order valence-corrected chi connectivity index (χ1v) is 8.00. The number of aromatic nitrogens is 2. The third-order valence-corrected chi connectivity index (χ3v) is 4.21. The molecule has 0 bridgehead atoms.